The molecule has 0 amide bonds. The summed E-state index contributed by atoms with van der Waals surface area (Å²) in [5, 5.41) is 0. The van der Waals surface area contributed by atoms with Crippen molar-refractivity contribution >= 4 is 11.6 Å². The van der Waals surface area contributed by atoms with Crippen LogP contribution in [0.1, 0.15) is 50.7 Å². The summed E-state index contributed by atoms with van der Waals surface area (Å²) in [6.45, 7) is 5.92. The van der Waals surface area contributed by atoms with E-state index in [1.165, 1.54) is 0 Å². The highest BCUT2D eigenvalue weighted by Gasteiger charge is 2.41. The van der Waals surface area contributed by atoms with Crippen molar-refractivity contribution in [1.82, 2.24) is 0 Å². The van der Waals surface area contributed by atoms with E-state index in [4.69, 9.17) is 10.7 Å². The highest BCUT2D eigenvalue weighted by molar-refractivity contribution is 6.10. The predicted octanol–water partition coefficient (Wildman–Crippen LogP) is 2.54. The molecule has 0 heterocycles. The zero-order valence-electron chi connectivity index (χ0n) is 12.2. The molecule has 0 radical (unpaired) electrons. The lowest BCUT2D eigenvalue weighted by molar-refractivity contribution is -0.135. The van der Waals surface area contributed by atoms with Crippen LogP contribution >= 0.6 is 0 Å². The molecule has 1 aliphatic rings. The van der Waals surface area contributed by atoms with Gasteiger partial charge in [-0.2, -0.15) is 5.90 Å². The van der Waals surface area contributed by atoms with E-state index in [0.717, 1.165) is 17.5 Å². The zero-order chi connectivity index (χ0) is 14.9. The Morgan fingerprint density at radius 3 is 2.35 bits per heavy atom. The lowest BCUT2D eigenvalue weighted by Crippen LogP contribution is -2.36. The fourth-order valence-electron chi connectivity index (χ4n) is 2.97. The molecule has 108 valence electrons. The molecule has 0 bridgehead atoms. The number of hydrogen-bond donors (Lipinski definition) is 1. The number of Topliss-reactive ketones (excluding diaryl/α,β-unsaturated/α-hetero) is 2. The van der Waals surface area contributed by atoms with Crippen molar-refractivity contribution in [3.8, 4) is 5.75 Å². The van der Waals surface area contributed by atoms with E-state index in [1.54, 1.807) is 12.1 Å². The van der Waals surface area contributed by atoms with Gasteiger partial charge in [0.1, 0.15) is 23.2 Å². The lowest BCUT2D eigenvalue weighted by atomic mass is 9.69. The molecule has 0 unspecified atom stereocenters. The Bertz CT molecular complexity index is 529. The van der Waals surface area contributed by atoms with Gasteiger partial charge in [-0.25, -0.2) is 0 Å². The summed E-state index contributed by atoms with van der Waals surface area (Å²) in [5.41, 5.74) is 1.51. The van der Waals surface area contributed by atoms with Gasteiger partial charge in [0.2, 0.25) is 0 Å². The summed E-state index contributed by atoms with van der Waals surface area (Å²) in [7, 11) is 0. The molecule has 1 aromatic rings. The average Bonchev–Trinajstić information content (AvgIpc) is 2.36. The number of hydrogen-bond acceptors (Lipinski definition) is 4. The molecule has 2 rings (SSSR count). The van der Waals surface area contributed by atoms with Gasteiger partial charge in [0.05, 0.1) is 0 Å². The summed E-state index contributed by atoms with van der Waals surface area (Å²) >= 11 is 0. The van der Waals surface area contributed by atoms with Gasteiger partial charge in [0.25, 0.3) is 0 Å². The first kappa shape index (κ1) is 14.7. The molecule has 1 fully saturated rings. The number of rotatable bonds is 3. The number of nitrogens with two attached hydrogens (primary N) is 1. The fourth-order valence-corrected chi connectivity index (χ4v) is 2.97. The third-order valence-electron chi connectivity index (χ3n) is 3.89. The van der Waals surface area contributed by atoms with Crippen molar-refractivity contribution in [2.45, 2.75) is 46.0 Å². The molecule has 1 aromatic carbocycles. The Kier molecular flexibility index (Phi) is 3.95. The molecular formula is C16H21NO3. The summed E-state index contributed by atoms with van der Waals surface area (Å²) in [4.78, 5) is 29.5. The maximum atomic E-state index is 12.4. The van der Waals surface area contributed by atoms with E-state index in [2.05, 4.69) is 0 Å². The molecule has 0 atom stereocenters. The van der Waals surface area contributed by atoms with Crippen LogP contribution in [0.15, 0.2) is 18.2 Å². The van der Waals surface area contributed by atoms with Gasteiger partial charge in [-0.3, -0.25) is 9.59 Å². The molecule has 20 heavy (non-hydrogen) atoms. The van der Waals surface area contributed by atoms with Gasteiger partial charge in [-0.1, -0.05) is 26.8 Å². The van der Waals surface area contributed by atoms with Crippen LogP contribution in [0.3, 0.4) is 0 Å². The lowest BCUT2D eigenvalue weighted by Gasteiger charge is -2.32. The van der Waals surface area contributed by atoms with Crippen molar-refractivity contribution in [1.29, 1.82) is 0 Å². The van der Waals surface area contributed by atoms with E-state index >= 15 is 0 Å². The first-order chi connectivity index (χ1) is 9.38. The fraction of sp³-hybridized carbons (Fsp3) is 0.500. The molecule has 4 nitrogen and oxygen atoms in total. The van der Waals surface area contributed by atoms with Crippen LogP contribution in [0, 0.1) is 5.41 Å². The molecule has 0 aromatic heterocycles. The number of benzene rings is 1. The zero-order valence-corrected chi connectivity index (χ0v) is 12.2. The molecule has 1 saturated carbocycles. The Morgan fingerprint density at radius 1 is 1.25 bits per heavy atom. The summed E-state index contributed by atoms with van der Waals surface area (Å²) in [5.74, 6) is 4.99. The Labute approximate surface area is 119 Å². The smallest absolute Gasteiger partial charge is 0.148 e. The predicted molar refractivity (Wildman–Crippen MR) is 76.4 cm³/mol. The van der Waals surface area contributed by atoms with Crippen molar-refractivity contribution in [3.05, 3.63) is 29.3 Å². The van der Waals surface area contributed by atoms with E-state index < -0.39 is 5.92 Å². The van der Waals surface area contributed by atoms with Crippen molar-refractivity contribution in [2.75, 3.05) is 0 Å². The Balaban J connectivity index is 2.45. The van der Waals surface area contributed by atoms with Crippen LogP contribution in [-0.2, 0) is 16.0 Å². The van der Waals surface area contributed by atoms with Crippen LogP contribution in [0.5, 0.6) is 5.75 Å². The highest BCUT2D eigenvalue weighted by Crippen LogP contribution is 2.39. The minimum Gasteiger partial charge on any atom is -0.412 e. The van der Waals surface area contributed by atoms with Crippen molar-refractivity contribution in [2.24, 2.45) is 11.3 Å². The van der Waals surface area contributed by atoms with E-state index in [0.29, 0.717) is 18.6 Å². The molecule has 2 N–H and O–H groups in total. The van der Waals surface area contributed by atoms with Crippen molar-refractivity contribution in [3.63, 3.8) is 0 Å². The standard InChI is InChI=1S/C16H21NO3/c1-4-10-5-6-11(20-17)7-12(10)15-13(18)8-16(2,3)9-14(15)19/h5-7,15H,4,8-9,17H2,1-3H3. The second-order valence-corrected chi connectivity index (χ2v) is 6.22. The largest absolute Gasteiger partial charge is 0.412 e. The third-order valence-corrected chi connectivity index (χ3v) is 3.89. The van der Waals surface area contributed by atoms with Gasteiger partial charge >= 0.3 is 0 Å². The normalized spacial score (nSPS) is 19.2. The van der Waals surface area contributed by atoms with E-state index in [9.17, 15) is 9.59 Å². The summed E-state index contributed by atoms with van der Waals surface area (Å²) < 4.78 is 0. The quantitative estimate of drug-likeness (QED) is 0.680. The summed E-state index contributed by atoms with van der Waals surface area (Å²) in [6.07, 6.45) is 1.63. The van der Waals surface area contributed by atoms with E-state index in [1.807, 2.05) is 26.8 Å². The van der Waals surface area contributed by atoms with E-state index in [-0.39, 0.29) is 17.0 Å². The second-order valence-electron chi connectivity index (χ2n) is 6.22. The van der Waals surface area contributed by atoms with Gasteiger partial charge in [0.15, 0.2) is 0 Å². The first-order valence-corrected chi connectivity index (χ1v) is 6.93. The summed E-state index contributed by atoms with van der Waals surface area (Å²) in [6, 6.07) is 5.35. The number of carbonyl (C=O) groups is 2. The van der Waals surface area contributed by atoms with Gasteiger partial charge in [-0.05, 0) is 35.1 Å². The molecular weight excluding hydrogens is 254 g/mol. The van der Waals surface area contributed by atoms with Gasteiger partial charge in [0, 0.05) is 12.8 Å². The molecule has 0 aliphatic heterocycles. The minimum atomic E-state index is -0.659. The average molecular weight is 275 g/mol. The molecule has 0 spiro atoms. The Hall–Kier alpha value is -1.68. The molecule has 4 heteroatoms. The Morgan fingerprint density at radius 2 is 1.85 bits per heavy atom. The third kappa shape index (κ3) is 2.75. The van der Waals surface area contributed by atoms with Gasteiger partial charge < -0.3 is 4.84 Å². The van der Waals surface area contributed by atoms with Crippen LogP contribution in [-0.4, -0.2) is 11.6 Å². The molecule has 1 aliphatic carbocycles. The number of aryl methyl sites for hydroxylation is 1. The number of ketones is 2. The van der Waals surface area contributed by atoms with Crippen molar-refractivity contribution < 1.29 is 14.4 Å². The highest BCUT2D eigenvalue weighted by atomic mass is 16.6. The number of carbonyl (C=O) groups excluding carboxylic acids is 2. The maximum absolute atomic E-state index is 12.4. The SMILES string of the molecule is CCc1ccc(ON)cc1C1C(=O)CC(C)(C)CC1=O. The maximum Gasteiger partial charge on any atom is 0.148 e. The first-order valence-electron chi connectivity index (χ1n) is 6.93. The van der Waals surface area contributed by atoms with Crippen LogP contribution < -0.4 is 10.7 Å². The van der Waals surface area contributed by atoms with Crippen LogP contribution in [0.4, 0.5) is 0 Å². The van der Waals surface area contributed by atoms with Crippen LogP contribution in [0.25, 0.3) is 0 Å². The second kappa shape index (κ2) is 5.37. The van der Waals surface area contributed by atoms with Crippen LogP contribution in [0.2, 0.25) is 0 Å². The van der Waals surface area contributed by atoms with Gasteiger partial charge in [-0.15, -0.1) is 0 Å². The molecule has 0 saturated heterocycles. The monoisotopic (exact) mass is 275 g/mol. The minimum absolute atomic E-state index is 0.00452. The topological polar surface area (TPSA) is 69.4 Å².